The van der Waals surface area contributed by atoms with Gasteiger partial charge in [0.25, 0.3) is 5.91 Å². The predicted octanol–water partition coefficient (Wildman–Crippen LogP) is 2.94. The monoisotopic (exact) mass is 296 g/mol. The molecule has 0 spiro atoms. The van der Waals surface area contributed by atoms with Crippen LogP contribution in [0.2, 0.25) is 0 Å². The average Bonchev–Trinajstić information content (AvgIpc) is 2.55. The van der Waals surface area contributed by atoms with Gasteiger partial charge in [-0.3, -0.25) is 9.78 Å². The standard InChI is InChI=1S/C18H20N2O2/c1-22-16-8-3-2-7-15(16)18(9-5-10-18)13-20-17(21)14-6-4-11-19-12-14/h2-4,6-8,11-12H,5,9-10,13H2,1H3,(H,20,21). The predicted molar refractivity (Wildman–Crippen MR) is 85.1 cm³/mol. The van der Waals surface area contributed by atoms with Gasteiger partial charge in [-0.25, -0.2) is 0 Å². The lowest BCUT2D eigenvalue weighted by molar-refractivity contribution is 0.0926. The van der Waals surface area contributed by atoms with E-state index in [1.54, 1.807) is 31.6 Å². The molecule has 22 heavy (non-hydrogen) atoms. The number of carbonyl (C=O) groups is 1. The van der Waals surface area contributed by atoms with Crippen molar-refractivity contribution in [1.29, 1.82) is 0 Å². The molecular weight excluding hydrogens is 276 g/mol. The van der Waals surface area contributed by atoms with E-state index in [0.717, 1.165) is 18.6 Å². The number of benzene rings is 1. The van der Waals surface area contributed by atoms with Crippen LogP contribution in [-0.2, 0) is 5.41 Å². The number of hydrogen-bond acceptors (Lipinski definition) is 3. The van der Waals surface area contributed by atoms with Crippen LogP contribution in [0.15, 0.2) is 48.8 Å². The maximum Gasteiger partial charge on any atom is 0.252 e. The summed E-state index contributed by atoms with van der Waals surface area (Å²) in [6, 6.07) is 11.6. The lowest BCUT2D eigenvalue weighted by atomic mass is 9.64. The second-order valence-electron chi connectivity index (χ2n) is 5.76. The maximum atomic E-state index is 12.2. The first kappa shape index (κ1) is 14.6. The highest BCUT2D eigenvalue weighted by Crippen LogP contribution is 2.46. The Morgan fingerprint density at radius 3 is 2.73 bits per heavy atom. The average molecular weight is 296 g/mol. The van der Waals surface area contributed by atoms with Gasteiger partial charge in [0.05, 0.1) is 12.7 Å². The molecule has 0 saturated heterocycles. The summed E-state index contributed by atoms with van der Waals surface area (Å²) < 4.78 is 5.50. The van der Waals surface area contributed by atoms with Gasteiger partial charge in [-0.05, 0) is 31.0 Å². The van der Waals surface area contributed by atoms with Crippen LogP contribution >= 0.6 is 0 Å². The third-order valence-electron chi connectivity index (χ3n) is 4.50. The van der Waals surface area contributed by atoms with E-state index in [-0.39, 0.29) is 11.3 Å². The second-order valence-corrected chi connectivity index (χ2v) is 5.76. The Balaban J connectivity index is 1.76. The fourth-order valence-electron chi connectivity index (χ4n) is 3.08. The quantitative estimate of drug-likeness (QED) is 0.923. The molecule has 0 bridgehead atoms. The summed E-state index contributed by atoms with van der Waals surface area (Å²) in [4.78, 5) is 16.2. The minimum Gasteiger partial charge on any atom is -0.496 e. The van der Waals surface area contributed by atoms with E-state index in [1.165, 1.54) is 12.0 Å². The van der Waals surface area contributed by atoms with Crippen LogP contribution in [0.1, 0.15) is 35.2 Å². The normalized spacial score (nSPS) is 15.7. The fourth-order valence-corrected chi connectivity index (χ4v) is 3.08. The number of nitrogens with zero attached hydrogens (tertiary/aromatic N) is 1. The molecule has 1 fully saturated rings. The third-order valence-corrected chi connectivity index (χ3v) is 4.50. The Kier molecular flexibility index (Phi) is 4.09. The largest absolute Gasteiger partial charge is 0.496 e. The molecule has 114 valence electrons. The van der Waals surface area contributed by atoms with Crippen molar-refractivity contribution in [1.82, 2.24) is 10.3 Å². The number of ether oxygens (including phenoxy) is 1. The van der Waals surface area contributed by atoms with Crippen molar-refractivity contribution >= 4 is 5.91 Å². The first-order chi connectivity index (χ1) is 10.7. The Morgan fingerprint density at radius 2 is 2.09 bits per heavy atom. The fraction of sp³-hybridized carbons (Fsp3) is 0.333. The molecule has 2 aromatic rings. The molecule has 1 amide bonds. The minimum absolute atomic E-state index is 0.00945. The van der Waals surface area contributed by atoms with Gasteiger partial charge < -0.3 is 10.1 Å². The molecule has 4 heteroatoms. The number of nitrogens with one attached hydrogen (secondary N) is 1. The summed E-state index contributed by atoms with van der Waals surface area (Å²) in [7, 11) is 1.69. The molecule has 1 N–H and O–H groups in total. The highest BCUT2D eigenvalue weighted by Gasteiger charge is 2.40. The van der Waals surface area contributed by atoms with E-state index in [9.17, 15) is 4.79 Å². The van der Waals surface area contributed by atoms with Crippen molar-refractivity contribution < 1.29 is 9.53 Å². The summed E-state index contributed by atoms with van der Waals surface area (Å²) in [5.74, 6) is 0.826. The number of para-hydroxylation sites is 1. The number of hydrogen-bond donors (Lipinski definition) is 1. The SMILES string of the molecule is COc1ccccc1C1(CNC(=O)c2cccnc2)CCC1. The second kappa shape index (κ2) is 6.18. The van der Waals surface area contributed by atoms with Crippen molar-refractivity contribution in [2.45, 2.75) is 24.7 Å². The number of pyridine rings is 1. The van der Waals surface area contributed by atoms with E-state index in [1.807, 2.05) is 18.2 Å². The molecule has 1 saturated carbocycles. The Morgan fingerprint density at radius 1 is 1.27 bits per heavy atom. The molecule has 1 aromatic heterocycles. The summed E-state index contributed by atoms with van der Waals surface area (Å²) in [6.07, 6.45) is 6.58. The highest BCUT2D eigenvalue weighted by atomic mass is 16.5. The Bertz CT molecular complexity index is 651. The van der Waals surface area contributed by atoms with Crippen molar-refractivity contribution in [3.05, 3.63) is 59.9 Å². The van der Waals surface area contributed by atoms with Gasteiger partial charge in [0.2, 0.25) is 0 Å². The summed E-state index contributed by atoms with van der Waals surface area (Å²) in [5, 5.41) is 3.06. The van der Waals surface area contributed by atoms with E-state index >= 15 is 0 Å². The van der Waals surface area contributed by atoms with Crippen molar-refractivity contribution in [3.63, 3.8) is 0 Å². The summed E-state index contributed by atoms with van der Waals surface area (Å²) in [6.45, 7) is 0.626. The number of methoxy groups -OCH3 is 1. The molecular formula is C18H20N2O2. The first-order valence-corrected chi connectivity index (χ1v) is 7.57. The molecule has 1 heterocycles. The van der Waals surface area contributed by atoms with Crippen LogP contribution in [0.4, 0.5) is 0 Å². The Hall–Kier alpha value is -2.36. The Labute approximate surface area is 130 Å². The van der Waals surface area contributed by atoms with Crippen molar-refractivity contribution in [2.24, 2.45) is 0 Å². The zero-order chi connectivity index (χ0) is 15.4. The van der Waals surface area contributed by atoms with Crippen LogP contribution < -0.4 is 10.1 Å². The zero-order valence-corrected chi connectivity index (χ0v) is 12.7. The van der Waals surface area contributed by atoms with Gasteiger partial charge in [-0.2, -0.15) is 0 Å². The van der Waals surface area contributed by atoms with Gasteiger partial charge in [0.1, 0.15) is 5.75 Å². The van der Waals surface area contributed by atoms with E-state index < -0.39 is 0 Å². The maximum absolute atomic E-state index is 12.2. The minimum atomic E-state index is -0.0747. The van der Waals surface area contributed by atoms with E-state index in [0.29, 0.717) is 12.1 Å². The zero-order valence-electron chi connectivity index (χ0n) is 12.7. The highest BCUT2D eigenvalue weighted by molar-refractivity contribution is 5.93. The smallest absolute Gasteiger partial charge is 0.252 e. The van der Waals surface area contributed by atoms with Crippen molar-refractivity contribution in [2.75, 3.05) is 13.7 Å². The van der Waals surface area contributed by atoms with Crippen LogP contribution in [0.5, 0.6) is 5.75 Å². The molecule has 4 nitrogen and oxygen atoms in total. The molecule has 1 aliphatic rings. The molecule has 0 aliphatic heterocycles. The molecule has 0 radical (unpaired) electrons. The third kappa shape index (κ3) is 2.69. The summed E-state index contributed by atoms with van der Waals surface area (Å²) >= 11 is 0. The molecule has 1 aromatic carbocycles. The topological polar surface area (TPSA) is 51.2 Å². The van der Waals surface area contributed by atoms with Crippen molar-refractivity contribution in [3.8, 4) is 5.75 Å². The van der Waals surface area contributed by atoms with Gasteiger partial charge >= 0.3 is 0 Å². The van der Waals surface area contributed by atoms with E-state index in [4.69, 9.17) is 4.74 Å². The van der Waals surface area contributed by atoms with Crippen LogP contribution in [0.25, 0.3) is 0 Å². The van der Waals surface area contributed by atoms with Crippen LogP contribution in [0, 0.1) is 0 Å². The van der Waals surface area contributed by atoms with Crippen LogP contribution in [0.3, 0.4) is 0 Å². The molecule has 0 atom stereocenters. The number of rotatable bonds is 5. The molecule has 3 rings (SSSR count). The van der Waals surface area contributed by atoms with Gasteiger partial charge in [-0.15, -0.1) is 0 Å². The summed E-state index contributed by atoms with van der Waals surface area (Å²) in [5.41, 5.74) is 1.78. The van der Waals surface area contributed by atoms with Gasteiger partial charge in [0.15, 0.2) is 0 Å². The lowest BCUT2D eigenvalue weighted by Crippen LogP contribution is -2.45. The van der Waals surface area contributed by atoms with Gasteiger partial charge in [0, 0.05) is 29.9 Å². The van der Waals surface area contributed by atoms with Crippen LogP contribution in [-0.4, -0.2) is 24.5 Å². The number of carbonyl (C=O) groups excluding carboxylic acids is 1. The molecule has 0 unspecified atom stereocenters. The van der Waals surface area contributed by atoms with E-state index in [2.05, 4.69) is 16.4 Å². The molecule has 1 aliphatic carbocycles. The lowest BCUT2D eigenvalue weighted by Gasteiger charge is -2.43. The number of aromatic nitrogens is 1. The number of amides is 1. The first-order valence-electron chi connectivity index (χ1n) is 7.57. The van der Waals surface area contributed by atoms with Gasteiger partial charge in [-0.1, -0.05) is 24.6 Å².